The van der Waals surface area contributed by atoms with Gasteiger partial charge in [-0.05, 0) is 30.7 Å². The van der Waals surface area contributed by atoms with E-state index >= 15 is 0 Å². The highest BCUT2D eigenvalue weighted by Gasteiger charge is 2.23. The van der Waals surface area contributed by atoms with Crippen LogP contribution in [0.4, 0.5) is 5.13 Å². The number of esters is 1. The summed E-state index contributed by atoms with van der Waals surface area (Å²) in [6.45, 7) is 1.76. The number of ether oxygens (including phenoxy) is 1. The molecule has 1 aromatic carbocycles. The minimum Gasteiger partial charge on any atom is -0.449 e. The van der Waals surface area contributed by atoms with Crippen molar-refractivity contribution in [2.24, 2.45) is 0 Å². The van der Waals surface area contributed by atoms with Gasteiger partial charge < -0.3 is 4.74 Å². The molecule has 1 atom stereocenters. The zero-order chi connectivity index (χ0) is 20.1. The number of carbonyl (C=O) groups excluding carboxylic acids is 2. The molecule has 0 saturated carbocycles. The van der Waals surface area contributed by atoms with Crippen LogP contribution in [0.2, 0.25) is 10.0 Å². The number of halogens is 2. The molecule has 144 valence electrons. The molecular weight excluding hydrogens is 421 g/mol. The van der Waals surface area contributed by atoms with Gasteiger partial charge in [-0.1, -0.05) is 36.2 Å². The van der Waals surface area contributed by atoms with E-state index in [1.54, 1.807) is 30.5 Å². The second-order valence-corrected chi connectivity index (χ2v) is 7.37. The third-order valence-electron chi connectivity index (χ3n) is 3.78. The van der Waals surface area contributed by atoms with Crippen molar-refractivity contribution >= 4 is 51.5 Å². The number of hydrogen-bond donors (Lipinski definition) is 1. The molecule has 1 N–H and O–H groups in total. The van der Waals surface area contributed by atoms with Gasteiger partial charge in [0.2, 0.25) is 0 Å². The lowest BCUT2D eigenvalue weighted by molar-refractivity contribution is -0.124. The second kappa shape index (κ2) is 9.14. The maximum absolute atomic E-state index is 12.5. The molecule has 0 saturated heterocycles. The summed E-state index contributed by atoms with van der Waals surface area (Å²) in [4.78, 5) is 32.9. The summed E-state index contributed by atoms with van der Waals surface area (Å²) in [5, 5.41) is 5.75. The Labute approximate surface area is 175 Å². The van der Waals surface area contributed by atoms with E-state index in [2.05, 4.69) is 15.3 Å². The van der Waals surface area contributed by atoms with Crippen molar-refractivity contribution in [3.63, 3.8) is 0 Å². The first kappa shape index (κ1) is 20.3. The van der Waals surface area contributed by atoms with Crippen molar-refractivity contribution in [2.45, 2.75) is 19.4 Å². The Morgan fingerprint density at radius 3 is 2.61 bits per heavy atom. The smallest absolute Gasteiger partial charge is 0.339 e. The van der Waals surface area contributed by atoms with Crippen molar-refractivity contribution in [2.75, 3.05) is 5.32 Å². The first-order valence-electron chi connectivity index (χ1n) is 8.30. The lowest BCUT2D eigenvalue weighted by Gasteiger charge is -2.15. The fourth-order valence-corrected chi connectivity index (χ4v) is 3.33. The van der Waals surface area contributed by atoms with E-state index < -0.39 is 18.0 Å². The third-order valence-corrected chi connectivity index (χ3v) is 5.27. The van der Waals surface area contributed by atoms with Crippen molar-refractivity contribution in [3.8, 4) is 11.3 Å². The van der Waals surface area contributed by atoms with Gasteiger partial charge in [-0.15, -0.1) is 11.3 Å². The number of amides is 1. The highest BCUT2D eigenvalue weighted by atomic mass is 35.5. The highest BCUT2D eigenvalue weighted by molar-refractivity contribution is 7.14. The zero-order valence-electron chi connectivity index (χ0n) is 14.7. The van der Waals surface area contributed by atoms with Crippen LogP contribution in [0, 0.1) is 0 Å². The maximum Gasteiger partial charge on any atom is 0.339 e. The number of pyridine rings is 1. The van der Waals surface area contributed by atoms with Crippen molar-refractivity contribution in [1.29, 1.82) is 0 Å². The van der Waals surface area contributed by atoms with Crippen molar-refractivity contribution < 1.29 is 14.3 Å². The number of hydrogen-bond acceptors (Lipinski definition) is 6. The number of nitrogens with one attached hydrogen (secondary N) is 1. The van der Waals surface area contributed by atoms with E-state index in [0.717, 1.165) is 5.56 Å². The van der Waals surface area contributed by atoms with Crippen molar-refractivity contribution in [3.05, 3.63) is 63.7 Å². The summed E-state index contributed by atoms with van der Waals surface area (Å²) in [5.41, 5.74) is 1.76. The van der Waals surface area contributed by atoms with Gasteiger partial charge in [0.15, 0.2) is 11.2 Å². The lowest BCUT2D eigenvalue weighted by Crippen LogP contribution is -2.32. The van der Waals surface area contributed by atoms with E-state index in [1.807, 2.05) is 0 Å². The summed E-state index contributed by atoms with van der Waals surface area (Å²) in [7, 11) is 0. The van der Waals surface area contributed by atoms with Crippen LogP contribution in [0.5, 0.6) is 0 Å². The zero-order valence-corrected chi connectivity index (χ0v) is 17.0. The van der Waals surface area contributed by atoms with Crippen LogP contribution in [0.25, 0.3) is 11.3 Å². The number of thiazole rings is 1. The Bertz CT molecular complexity index is 995. The van der Waals surface area contributed by atoms with E-state index in [1.165, 1.54) is 35.9 Å². The first-order chi connectivity index (χ1) is 13.5. The van der Waals surface area contributed by atoms with Gasteiger partial charge >= 0.3 is 5.97 Å². The number of aromatic nitrogens is 2. The van der Waals surface area contributed by atoms with Gasteiger partial charge in [0.25, 0.3) is 5.91 Å². The predicted octanol–water partition coefficient (Wildman–Crippen LogP) is 5.09. The third kappa shape index (κ3) is 4.86. The Morgan fingerprint density at radius 2 is 1.93 bits per heavy atom. The molecule has 3 aromatic rings. The van der Waals surface area contributed by atoms with Gasteiger partial charge in [0.1, 0.15) is 0 Å². The Morgan fingerprint density at radius 1 is 1.18 bits per heavy atom. The molecule has 0 radical (unpaired) electrons. The SMILES string of the molecule is CCC(OC(=O)c1ccncc1)C(=O)Nc1nc(-c2ccc(Cl)c(Cl)c2)cs1. The predicted molar refractivity (Wildman–Crippen MR) is 110 cm³/mol. The molecule has 1 amide bonds. The molecule has 9 heteroatoms. The standard InChI is InChI=1S/C19H15Cl2N3O3S/c1-2-16(27-18(26)11-5-7-22-8-6-11)17(25)24-19-23-15(10-28-19)12-3-4-13(20)14(21)9-12/h3-10,16H,2H2,1H3,(H,23,24,25). The van der Waals surface area contributed by atoms with E-state index in [0.29, 0.717) is 32.9 Å². The molecule has 1 unspecified atom stereocenters. The van der Waals surface area contributed by atoms with Crippen molar-refractivity contribution in [1.82, 2.24) is 9.97 Å². The Balaban J connectivity index is 1.67. The number of rotatable bonds is 6. The number of benzene rings is 1. The largest absolute Gasteiger partial charge is 0.449 e. The summed E-state index contributed by atoms with van der Waals surface area (Å²) < 4.78 is 5.31. The molecule has 0 aliphatic heterocycles. The number of nitrogens with zero attached hydrogens (tertiary/aromatic N) is 2. The molecule has 6 nitrogen and oxygen atoms in total. The molecule has 28 heavy (non-hydrogen) atoms. The molecule has 3 rings (SSSR count). The molecular formula is C19H15Cl2N3O3S. The lowest BCUT2D eigenvalue weighted by atomic mass is 10.2. The van der Waals surface area contributed by atoms with Crippen LogP contribution in [0.15, 0.2) is 48.1 Å². The van der Waals surface area contributed by atoms with Gasteiger partial charge in [0.05, 0.1) is 21.3 Å². The van der Waals surface area contributed by atoms with Crippen LogP contribution in [0.3, 0.4) is 0 Å². The summed E-state index contributed by atoms with van der Waals surface area (Å²) >= 11 is 13.2. The summed E-state index contributed by atoms with van der Waals surface area (Å²) in [5.74, 6) is -1.03. The fourth-order valence-electron chi connectivity index (χ4n) is 2.31. The van der Waals surface area contributed by atoms with Crippen LogP contribution < -0.4 is 5.32 Å². The summed E-state index contributed by atoms with van der Waals surface area (Å²) in [6.07, 6.45) is 2.36. The molecule has 0 fully saturated rings. The number of carbonyl (C=O) groups is 2. The second-order valence-electron chi connectivity index (χ2n) is 5.69. The molecule has 2 aromatic heterocycles. The normalized spacial score (nSPS) is 11.7. The molecule has 0 bridgehead atoms. The minimum atomic E-state index is -0.932. The minimum absolute atomic E-state index is 0.327. The van der Waals surface area contributed by atoms with Gasteiger partial charge in [-0.25, -0.2) is 9.78 Å². The Kier molecular flexibility index (Phi) is 6.61. The average molecular weight is 436 g/mol. The molecule has 2 heterocycles. The van der Waals surface area contributed by atoms with Gasteiger partial charge in [0, 0.05) is 23.3 Å². The van der Waals surface area contributed by atoms with Gasteiger partial charge in [-0.2, -0.15) is 0 Å². The van der Waals surface area contributed by atoms with E-state index in [9.17, 15) is 9.59 Å². The average Bonchev–Trinajstić information content (AvgIpc) is 3.17. The topological polar surface area (TPSA) is 81.2 Å². The molecule has 0 spiro atoms. The monoisotopic (exact) mass is 435 g/mol. The summed E-state index contributed by atoms with van der Waals surface area (Å²) in [6, 6.07) is 8.23. The Hall–Kier alpha value is -2.48. The van der Waals surface area contributed by atoms with E-state index in [4.69, 9.17) is 27.9 Å². The molecule has 0 aliphatic rings. The maximum atomic E-state index is 12.5. The number of anilines is 1. The highest BCUT2D eigenvalue weighted by Crippen LogP contribution is 2.30. The van der Waals surface area contributed by atoms with Crippen LogP contribution in [-0.4, -0.2) is 27.9 Å². The van der Waals surface area contributed by atoms with Crippen LogP contribution >= 0.6 is 34.5 Å². The fraction of sp³-hybridized carbons (Fsp3) is 0.158. The quantitative estimate of drug-likeness (QED) is 0.545. The molecule has 0 aliphatic carbocycles. The van der Waals surface area contributed by atoms with Gasteiger partial charge in [-0.3, -0.25) is 15.1 Å². The van der Waals surface area contributed by atoms with Crippen LogP contribution in [0.1, 0.15) is 23.7 Å². The first-order valence-corrected chi connectivity index (χ1v) is 9.94. The van der Waals surface area contributed by atoms with Crippen LogP contribution in [-0.2, 0) is 9.53 Å². The van der Waals surface area contributed by atoms with E-state index in [-0.39, 0.29) is 0 Å².